The SMILES string of the molecule is CSc1ccc(-c2nccc3c(C)c(C)n(Cc4ccc(F)cc4)c23)cc1.Cl. The van der Waals surface area contributed by atoms with Crippen LogP contribution in [0.5, 0.6) is 0 Å². The molecule has 5 heteroatoms. The van der Waals surface area contributed by atoms with Gasteiger partial charge in [-0.25, -0.2) is 4.39 Å². The van der Waals surface area contributed by atoms with Crippen molar-refractivity contribution in [1.29, 1.82) is 0 Å². The molecule has 2 aromatic carbocycles. The van der Waals surface area contributed by atoms with Crippen molar-refractivity contribution in [3.8, 4) is 11.3 Å². The average Bonchev–Trinajstić information content (AvgIpc) is 2.95. The summed E-state index contributed by atoms with van der Waals surface area (Å²) in [6, 6.07) is 17.3. The van der Waals surface area contributed by atoms with Crippen LogP contribution in [0.2, 0.25) is 0 Å². The highest BCUT2D eigenvalue weighted by Gasteiger charge is 2.16. The third-order valence-corrected chi connectivity index (χ3v) is 5.91. The summed E-state index contributed by atoms with van der Waals surface area (Å²) in [5.41, 5.74) is 6.77. The monoisotopic (exact) mass is 412 g/mol. The van der Waals surface area contributed by atoms with Crippen LogP contribution in [0.15, 0.2) is 65.7 Å². The molecule has 0 radical (unpaired) electrons. The Morgan fingerprint density at radius 2 is 1.64 bits per heavy atom. The number of aromatic nitrogens is 2. The molecule has 4 rings (SSSR count). The Kier molecular flexibility index (Phi) is 6.11. The van der Waals surface area contributed by atoms with Crippen molar-refractivity contribution in [3.63, 3.8) is 0 Å². The Morgan fingerprint density at radius 1 is 0.964 bits per heavy atom. The topological polar surface area (TPSA) is 17.8 Å². The van der Waals surface area contributed by atoms with E-state index in [1.807, 2.05) is 18.3 Å². The van der Waals surface area contributed by atoms with Crippen molar-refractivity contribution in [2.24, 2.45) is 0 Å². The highest BCUT2D eigenvalue weighted by molar-refractivity contribution is 7.98. The zero-order valence-electron chi connectivity index (χ0n) is 16.1. The molecule has 0 unspecified atom stereocenters. The van der Waals surface area contributed by atoms with E-state index in [1.54, 1.807) is 11.8 Å². The zero-order valence-corrected chi connectivity index (χ0v) is 17.7. The van der Waals surface area contributed by atoms with Gasteiger partial charge in [0.1, 0.15) is 5.82 Å². The molecule has 0 atom stereocenters. The maximum Gasteiger partial charge on any atom is 0.123 e. The Balaban J connectivity index is 0.00000225. The smallest absolute Gasteiger partial charge is 0.123 e. The van der Waals surface area contributed by atoms with E-state index in [1.165, 1.54) is 33.7 Å². The number of halogens is 2. The largest absolute Gasteiger partial charge is 0.338 e. The van der Waals surface area contributed by atoms with E-state index in [0.717, 1.165) is 22.3 Å². The number of hydrogen-bond acceptors (Lipinski definition) is 2. The summed E-state index contributed by atoms with van der Waals surface area (Å²) in [4.78, 5) is 5.95. The first-order chi connectivity index (χ1) is 13.1. The van der Waals surface area contributed by atoms with E-state index in [-0.39, 0.29) is 18.2 Å². The van der Waals surface area contributed by atoms with Crippen molar-refractivity contribution < 1.29 is 4.39 Å². The number of hydrogen-bond donors (Lipinski definition) is 0. The molecule has 0 bridgehead atoms. The van der Waals surface area contributed by atoms with Gasteiger partial charge in [0.2, 0.25) is 0 Å². The Labute approximate surface area is 175 Å². The van der Waals surface area contributed by atoms with Crippen molar-refractivity contribution in [2.75, 3.05) is 6.26 Å². The third kappa shape index (κ3) is 3.67. The molecule has 0 aliphatic rings. The fourth-order valence-electron chi connectivity index (χ4n) is 3.53. The number of nitrogens with zero attached hydrogens (tertiary/aromatic N) is 2. The minimum atomic E-state index is -0.208. The van der Waals surface area contributed by atoms with E-state index >= 15 is 0 Å². The lowest BCUT2D eigenvalue weighted by Crippen LogP contribution is -2.03. The van der Waals surface area contributed by atoms with Crippen LogP contribution in [0.4, 0.5) is 4.39 Å². The second kappa shape index (κ2) is 8.38. The Hall–Kier alpha value is -2.30. The molecule has 0 amide bonds. The number of rotatable bonds is 4. The summed E-state index contributed by atoms with van der Waals surface area (Å²) in [6.07, 6.45) is 3.96. The normalized spacial score (nSPS) is 10.9. The van der Waals surface area contributed by atoms with Crippen LogP contribution in [0.25, 0.3) is 22.2 Å². The summed E-state index contributed by atoms with van der Waals surface area (Å²) in [6.45, 7) is 4.98. The van der Waals surface area contributed by atoms with Gasteiger partial charge in [-0.1, -0.05) is 24.3 Å². The van der Waals surface area contributed by atoms with Gasteiger partial charge in [-0.3, -0.25) is 4.98 Å². The quantitative estimate of drug-likeness (QED) is 0.349. The lowest BCUT2D eigenvalue weighted by atomic mass is 10.1. The molecular weight excluding hydrogens is 391 g/mol. The van der Waals surface area contributed by atoms with E-state index in [4.69, 9.17) is 4.98 Å². The standard InChI is InChI=1S/C23H21FN2S.ClH/c1-15-16(2)26(14-17-4-8-19(24)9-5-17)23-21(15)12-13-25-22(23)18-6-10-20(27-3)11-7-18;/h4-13H,14H2,1-3H3;1H. The van der Waals surface area contributed by atoms with E-state index in [9.17, 15) is 4.39 Å². The maximum absolute atomic E-state index is 13.3. The second-order valence-electron chi connectivity index (χ2n) is 6.71. The number of fused-ring (bicyclic) bond motifs is 1. The van der Waals surface area contributed by atoms with Crippen LogP contribution in [0.1, 0.15) is 16.8 Å². The van der Waals surface area contributed by atoms with Crippen LogP contribution in [-0.4, -0.2) is 15.8 Å². The fraction of sp³-hybridized carbons (Fsp3) is 0.174. The molecule has 0 spiro atoms. The van der Waals surface area contributed by atoms with Gasteiger partial charge in [-0.05, 0) is 61.6 Å². The summed E-state index contributed by atoms with van der Waals surface area (Å²) < 4.78 is 15.6. The molecule has 0 aliphatic carbocycles. The van der Waals surface area contributed by atoms with Crippen LogP contribution in [0.3, 0.4) is 0 Å². The minimum Gasteiger partial charge on any atom is -0.338 e. The van der Waals surface area contributed by atoms with Gasteiger partial charge in [-0.2, -0.15) is 0 Å². The number of thioether (sulfide) groups is 1. The molecular formula is C23H22ClFN2S. The second-order valence-corrected chi connectivity index (χ2v) is 7.59. The molecule has 144 valence electrons. The average molecular weight is 413 g/mol. The molecule has 0 aliphatic heterocycles. The summed E-state index contributed by atoms with van der Waals surface area (Å²) in [5.74, 6) is -0.208. The molecule has 0 N–H and O–H groups in total. The Bertz CT molecular complexity index is 1100. The molecule has 2 heterocycles. The molecule has 2 aromatic heterocycles. The first-order valence-corrected chi connectivity index (χ1v) is 10.1. The van der Waals surface area contributed by atoms with Gasteiger partial charge in [0.05, 0.1) is 11.2 Å². The van der Waals surface area contributed by atoms with Crippen LogP contribution >= 0.6 is 24.2 Å². The third-order valence-electron chi connectivity index (χ3n) is 5.16. The fourth-order valence-corrected chi connectivity index (χ4v) is 3.93. The first kappa shape index (κ1) is 20.4. The lowest BCUT2D eigenvalue weighted by molar-refractivity contribution is 0.626. The molecule has 0 saturated carbocycles. The summed E-state index contributed by atoms with van der Waals surface area (Å²) in [5, 5.41) is 1.22. The molecule has 2 nitrogen and oxygen atoms in total. The molecule has 4 aromatic rings. The van der Waals surface area contributed by atoms with E-state index in [0.29, 0.717) is 6.54 Å². The highest BCUT2D eigenvalue weighted by atomic mass is 35.5. The highest BCUT2D eigenvalue weighted by Crippen LogP contribution is 2.33. The van der Waals surface area contributed by atoms with E-state index in [2.05, 4.69) is 55.0 Å². The number of benzene rings is 2. The van der Waals surface area contributed by atoms with Crippen molar-refractivity contribution in [3.05, 3.63) is 83.4 Å². The van der Waals surface area contributed by atoms with Crippen LogP contribution < -0.4 is 0 Å². The van der Waals surface area contributed by atoms with Crippen LogP contribution in [0, 0.1) is 19.7 Å². The van der Waals surface area contributed by atoms with Gasteiger partial charge >= 0.3 is 0 Å². The van der Waals surface area contributed by atoms with E-state index < -0.39 is 0 Å². The Morgan fingerprint density at radius 3 is 2.29 bits per heavy atom. The lowest BCUT2D eigenvalue weighted by Gasteiger charge is -2.12. The minimum absolute atomic E-state index is 0. The van der Waals surface area contributed by atoms with Gasteiger partial charge in [0.15, 0.2) is 0 Å². The van der Waals surface area contributed by atoms with Crippen molar-refractivity contribution >= 4 is 35.1 Å². The maximum atomic E-state index is 13.3. The predicted molar refractivity (Wildman–Crippen MR) is 119 cm³/mol. The van der Waals surface area contributed by atoms with Gasteiger partial charge in [-0.15, -0.1) is 24.2 Å². The van der Waals surface area contributed by atoms with Gasteiger partial charge < -0.3 is 4.57 Å². The molecule has 0 fully saturated rings. The van der Waals surface area contributed by atoms with Gasteiger partial charge in [0.25, 0.3) is 0 Å². The first-order valence-electron chi connectivity index (χ1n) is 8.91. The summed E-state index contributed by atoms with van der Waals surface area (Å²) >= 11 is 1.73. The number of aryl methyl sites for hydroxylation is 1. The van der Waals surface area contributed by atoms with Crippen molar-refractivity contribution in [2.45, 2.75) is 25.3 Å². The predicted octanol–water partition coefficient (Wildman–Crippen LogP) is 6.65. The van der Waals surface area contributed by atoms with Gasteiger partial charge in [0, 0.05) is 34.3 Å². The number of pyridine rings is 1. The molecule has 0 saturated heterocycles. The zero-order chi connectivity index (χ0) is 19.0. The summed E-state index contributed by atoms with van der Waals surface area (Å²) in [7, 11) is 0. The molecule has 28 heavy (non-hydrogen) atoms. The van der Waals surface area contributed by atoms with Crippen molar-refractivity contribution in [1.82, 2.24) is 9.55 Å². The van der Waals surface area contributed by atoms with Crippen LogP contribution in [-0.2, 0) is 6.54 Å².